The summed E-state index contributed by atoms with van der Waals surface area (Å²) in [6.45, 7) is 6.00. The SMILES string of the molecule is C=C(/C(=C\C(CCCC(C)=O)NC)c1ccccc1)c1ccccc1. The molecule has 1 unspecified atom stereocenters. The van der Waals surface area contributed by atoms with Crippen LogP contribution in [0.1, 0.15) is 37.3 Å². The van der Waals surface area contributed by atoms with E-state index >= 15 is 0 Å². The van der Waals surface area contributed by atoms with E-state index in [1.54, 1.807) is 6.92 Å². The van der Waals surface area contributed by atoms with Crippen molar-refractivity contribution in [2.24, 2.45) is 0 Å². The van der Waals surface area contributed by atoms with E-state index in [1.807, 2.05) is 43.4 Å². The van der Waals surface area contributed by atoms with Crippen LogP contribution < -0.4 is 5.32 Å². The number of nitrogens with one attached hydrogen (secondary N) is 1. The molecule has 0 aliphatic heterocycles. The van der Waals surface area contributed by atoms with Crippen LogP contribution in [0, 0.1) is 0 Å². The molecule has 0 heterocycles. The standard InChI is InChI=1S/C23H27NO/c1-18(25)11-10-16-22(24-3)17-23(21-14-8-5-9-15-21)19(2)20-12-6-4-7-13-20/h4-9,12-15,17,22,24H,2,10-11,16H2,1,3H3/b23-17+. The fourth-order valence-electron chi connectivity index (χ4n) is 2.87. The number of rotatable bonds is 9. The molecule has 1 N–H and O–H groups in total. The monoisotopic (exact) mass is 333 g/mol. The Kier molecular flexibility index (Phi) is 7.36. The Morgan fingerprint density at radius 3 is 2.12 bits per heavy atom. The number of carbonyl (C=O) groups is 1. The first kappa shape index (κ1) is 18.9. The first-order valence-electron chi connectivity index (χ1n) is 8.80. The molecule has 0 saturated heterocycles. The van der Waals surface area contributed by atoms with Crippen LogP contribution in [0.4, 0.5) is 0 Å². The summed E-state index contributed by atoms with van der Waals surface area (Å²) < 4.78 is 0. The average molecular weight is 333 g/mol. The van der Waals surface area contributed by atoms with Crippen LogP contribution in [-0.4, -0.2) is 18.9 Å². The maximum Gasteiger partial charge on any atom is 0.129 e. The summed E-state index contributed by atoms with van der Waals surface area (Å²) in [7, 11) is 1.96. The highest BCUT2D eigenvalue weighted by atomic mass is 16.1. The molecule has 2 heteroatoms. The summed E-state index contributed by atoms with van der Waals surface area (Å²) in [5.74, 6) is 0.246. The first-order valence-corrected chi connectivity index (χ1v) is 8.80. The highest BCUT2D eigenvalue weighted by Crippen LogP contribution is 2.30. The molecule has 2 nitrogen and oxygen atoms in total. The van der Waals surface area contributed by atoms with Crippen LogP contribution >= 0.6 is 0 Å². The van der Waals surface area contributed by atoms with Gasteiger partial charge in [0, 0.05) is 12.5 Å². The van der Waals surface area contributed by atoms with E-state index in [2.05, 4.69) is 42.2 Å². The van der Waals surface area contributed by atoms with Crippen molar-refractivity contribution in [3.63, 3.8) is 0 Å². The predicted octanol–water partition coefficient (Wildman–Crippen LogP) is 5.13. The Labute approximate surface area is 151 Å². The number of likely N-dealkylation sites (N-methyl/N-ethyl adjacent to an activating group) is 1. The largest absolute Gasteiger partial charge is 0.314 e. The van der Waals surface area contributed by atoms with E-state index in [0.717, 1.165) is 35.1 Å². The maximum absolute atomic E-state index is 11.2. The zero-order valence-corrected chi connectivity index (χ0v) is 15.2. The quantitative estimate of drug-likeness (QED) is 0.645. The van der Waals surface area contributed by atoms with Crippen molar-refractivity contribution in [1.29, 1.82) is 0 Å². The zero-order chi connectivity index (χ0) is 18.1. The zero-order valence-electron chi connectivity index (χ0n) is 15.2. The molecular formula is C23H27NO. The molecule has 0 fully saturated rings. The van der Waals surface area contributed by atoms with E-state index in [0.29, 0.717) is 6.42 Å². The Bertz CT molecular complexity index is 716. The molecule has 0 amide bonds. The van der Waals surface area contributed by atoms with E-state index in [1.165, 1.54) is 0 Å². The van der Waals surface area contributed by atoms with Gasteiger partial charge in [-0.05, 0) is 49.1 Å². The second kappa shape index (κ2) is 9.75. The lowest BCUT2D eigenvalue weighted by Crippen LogP contribution is -2.23. The lowest BCUT2D eigenvalue weighted by atomic mass is 9.91. The smallest absolute Gasteiger partial charge is 0.129 e. The highest BCUT2D eigenvalue weighted by molar-refractivity contribution is 6.04. The van der Waals surface area contributed by atoms with Gasteiger partial charge in [-0.15, -0.1) is 0 Å². The molecule has 0 aliphatic rings. The van der Waals surface area contributed by atoms with Crippen molar-refractivity contribution < 1.29 is 4.79 Å². The molecule has 0 spiro atoms. The minimum absolute atomic E-state index is 0.204. The minimum Gasteiger partial charge on any atom is -0.314 e. The average Bonchev–Trinajstić information content (AvgIpc) is 2.65. The summed E-state index contributed by atoms with van der Waals surface area (Å²) in [5, 5.41) is 3.35. The summed E-state index contributed by atoms with van der Waals surface area (Å²) in [4.78, 5) is 11.2. The van der Waals surface area contributed by atoms with Gasteiger partial charge in [-0.3, -0.25) is 0 Å². The number of allylic oxidation sites excluding steroid dienone is 2. The lowest BCUT2D eigenvalue weighted by molar-refractivity contribution is -0.117. The third-order valence-corrected chi connectivity index (χ3v) is 4.31. The van der Waals surface area contributed by atoms with Gasteiger partial charge in [-0.1, -0.05) is 73.3 Å². The molecule has 25 heavy (non-hydrogen) atoms. The minimum atomic E-state index is 0.204. The van der Waals surface area contributed by atoms with Crippen LogP contribution in [0.15, 0.2) is 73.3 Å². The van der Waals surface area contributed by atoms with Crippen molar-refractivity contribution in [3.05, 3.63) is 84.4 Å². The van der Waals surface area contributed by atoms with Crippen LogP contribution in [0.25, 0.3) is 11.1 Å². The van der Waals surface area contributed by atoms with Gasteiger partial charge < -0.3 is 10.1 Å². The van der Waals surface area contributed by atoms with Gasteiger partial charge in [0.2, 0.25) is 0 Å². The number of ketones is 1. The number of benzene rings is 2. The Balaban J connectivity index is 2.30. The van der Waals surface area contributed by atoms with Gasteiger partial charge in [0.1, 0.15) is 5.78 Å². The molecule has 0 radical (unpaired) electrons. The maximum atomic E-state index is 11.2. The molecular weight excluding hydrogens is 306 g/mol. The van der Waals surface area contributed by atoms with Gasteiger partial charge >= 0.3 is 0 Å². The van der Waals surface area contributed by atoms with Gasteiger partial charge in [0.15, 0.2) is 0 Å². The predicted molar refractivity (Wildman–Crippen MR) is 107 cm³/mol. The Morgan fingerprint density at radius 2 is 1.60 bits per heavy atom. The van der Waals surface area contributed by atoms with Crippen LogP contribution in [0.3, 0.4) is 0 Å². The molecule has 2 aromatic carbocycles. The van der Waals surface area contributed by atoms with Gasteiger partial charge in [0.25, 0.3) is 0 Å². The van der Waals surface area contributed by atoms with Crippen LogP contribution in [-0.2, 0) is 4.79 Å². The summed E-state index contributed by atoms with van der Waals surface area (Å²) in [6.07, 6.45) is 4.68. The molecule has 0 aromatic heterocycles. The third-order valence-electron chi connectivity index (χ3n) is 4.31. The van der Waals surface area contributed by atoms with Crippen molar-refractivity contribution in [2.75, 3.05) is 7.05 Å². The molecule has 130 valence electrons. The molecule has 1 atom stereocenters. The van der Waals surface area contributed by atoms with Crippen molar-refractivity contribution in [1.82, 2.24) is 5.32 Å². The number of hydrogen-bond donors (Lipinski definition) is 1. The van der Waals surface area contributed by atoms with Crippen molar-refractivity contribution in [3.8, 4) is 0 Å². The fourth-order valence-corrected chi connectivity index (χ4v) is 2.87. The van der Waals surface area contributed by atoms with Crippen LogP contribution in [0.5, 0.6) is 0 Å². The van der Waals surface area contributed by atoms with E-state index < -0.39 is 0 Å². The van der Waals surface area contributed by atoms with Gasteiger partial charge in [-0.2, -0.15) is 0 Å². The second-order valence-electron chi connectivity index (χ2n) is 6.28. The lowest BCUT2D eigenvalue weighted by Gasteiger charge is -2.17. The molecule has 0 aliphatic carbocycles. The van der Waals surface area contributed by atoms with E-state index in [-0.39, 0.29) is 11.8 Å². The van der Waals surface area contributed by atoms with E-state index in [9.17, 15) is 4.79 Å². The second-order valence-corrected chi connectivity index (χ2v) is 6.28. The van der Waals surface area contributed by atoms with E-state index in [4.69, 9.17) is 0 Å². The third kappa shape index (κ3) is 5.84. The Morgan fingerprint density at radius 1 is 1.04 bits per heavy atom. The number of hydrogen-bond acceptors (Lipinski definition) is 2. The summed E-state index contributed by atoms with van der Waals surface area (Å²) in [5.41, 5.74) is 4.42. The molecule has 0 saturated carbocycles. The first-order chi connectivity index (χ1) is 12.1. The normalized spacial score (nSPS) is 12.6. The van der Waals surface area contributed by atoms with Crippen LogP contribution in [0.2, 0.25) is 0 Å². The Hall–Kier alpha value is -2.45. The fraction of sp³-hybridized carbons (Fsp3) is 0.261. The van der Waals surface area contributed by atoms with Gasteiger partial charge in [0.05, 0.1) is 0 Å². The highest BCUT2D eigenvalue weighted by Gasteiger charge is 2.12. The van der Waals surface area contributed by atoms with Crippen molar-refractivity contribution >= 4 is 16.9 Å². The number of carbonyl (C=O) groups excluding carboxylic acids is 1. The molecule has 2 aromatic rings. The molecule has 2 rings (SSSR count). The van der Waals surface area contributed by atoms with Gasteiger partial charge in [-0.25, -0.2) is 0 Å². The topological polar surface area (TPSA) is 29.1 Å². The summed E-state index contributed by atoms with van der Waals surface area (Å²) >= 11 is 0. The summed E-state index contributed by atoms with van der Waals surface area (Å²) in [6, 6.07) is 20.8. The molecule has 0 bridgehead atoms. The van der Waals surface area contributed by atoms with Crippen molar-refractivity contribution in [2.45, 2.75) is 32.2 Å². The number of Topliss-reactive ketones (excluding diaryl/α,β-unsaturated/α-hetero) is 1.